The normalized spacial score (nSPS) is 24.8. The van der Waals surface area contributed by atoms with Crippen molar-refractivity contribution in [2.75, 3.05) is 13.1 Å². The van der Waals surface area contributed by atoms with Gasteiger partial charge in [0.1, 0.15) is 5.82 Å². The minimum atomic E-state index is -2.62. The summed E-state index contributed by atoms with van der Waals surface area (Å²) in [6.07, 6.45) is 3.93. The van der Waals surface area contributed by atoms with Crippen molar-refractivity contribution in [1.29, 1.82) is 0 Å². The van der Waals surface area contributed by atoms with Crippen molar-refractivity contribution in [1.82, 2.24) is 14.5 Å². The average molecular weight is 273 g/mol. The molecule has 0 saturated carbocycles. The average Bonchev–Trinajstić information content (AvgIpc) is 2.77. The first-order chi connectivity index (χ1) is 8.92. The molecule has 1 aromatic rings. The van der Waals surface area contributed by atoms with Gasteiger partial charge in [0.2, 0.25) is 0 Å². The van der Waals surface area contributed by atoms with Crippen LogP contribution in [-0.4, -0.2) is 38.6 Å². The van der Waals surface area contributed by atoms with Crippen LogP contribution in [0.25, 0.3) is 0 Å². The summed E-state index contributed by atoms with van der Waals surface area (Å²) in [6, 6.07) is 0. The summed E-state index contributed by atoms with van der Waals surface area (Å²) in [4.78, 5) is 17.0. The predicted octanol–water partition coefficient (Wildman–Crippen LogP) is 1.96. The molecule has 106 valence electrons. The molecule has 1 unspecified atom stereocenters. The van der Waals surface area contributed by atoms with Gasteiger partial charge in [-0.25, -0.2) is 4.98 Å². The van der Waals surface area contributed by atoms with Crippen LogP contribution in [0.4, 0.5) is 8.78 Å². The zero-order valence-corrected chi connectivity index (χ0v) is 10.7. The Kier molecular flexibility index (Phi) is 3.84. The molecule has 0 bridgehead atoms. The van der Waals surface area contributed by atoms with Crippen LogP contribution in [0.5, 0.6) is 0 Å². The number of imidazole rings is 1. The molecule has 1 aliphatic rings. The number of likely N-dealkylation sites (tertiary alicyclic amines) is 1. The molecule has 1 atom stereocenters. The first kappa shape index (κ1) is 13.9. The van der Waals surface area contributed by atoms with Crippen LogP contribution in [0.15, 0.2) is 12.4 Å². The fourth-order valence-corrected chi connectivity index (χ4v) is 2.50. The van der Waals surface area contributed by atoms with Crippen molar-refractivity contribution >= 4 is 5.97 Å². The van der Waals surface area contributed by atoms with Crippen LogP contribution >= 0.6 is 0 Å². The van der Waals surface area contributed by atoms with Gasteiger partial charge in [0.05, 0.1) is 12.0 Å². The SMILES string of the molecule is CC1(C(=O)O)CCCN(Cc2nccn2C(F)F)C1. The number of halogens is 2. The summed E-state index contributed by atoms with van der Waals surface area (Å²) in [5.41, 5.74) is -0.805. The maximum atomic E-state index is 12.7. The van der Waals surface area contributed by atoms with Crippen LogP contribution in [0.2, 0.25) is 0 Å². The second kappa shape index (κ2) is 5.24. The Morgan fingerprint density at radius 1 is 1.63 bits per heavy atom. The number of piperidine rings is 1. The van der Waals surface area contributed by atoms with Crippen molar-refractivity contribution in [2.24, 2.45) is 5.41 Å². The van der Waals surface area contributed by atoms with E-state index in [1.807, 2.05) is 4.90 Å². The number of hydrogen-bond donors (Lipinski definition) is 1. The van der Waals surface area contributed by atoms with E-state index in [0.717, 1.165) is 11.0 Å². The third kappa shape index (κ3) is 2.91. The fourth-order valence-electron chi connectivity index (χ4n) is 2.50. The van der Waals surface area contributed by atoms with E-state index in [2.05, 4.69) is 4.98 Å². The monoisotopic (exact) mass is 273 g/mol. The quantitative estimate of drug-likeness (QED) is 0.911. The van der Waals surface area contributed by atoms with Crippen molar-refractivity contribution in [3.8, 4) is 0 Å². The van der Waals surface area contributed by atoms with E-state index in [9.17, 15) is 18.7 Å². The fraction of sp³-hybridized carbons (Fsp3) is 0.667. The minimum Gasteiger partial charge on any atom is -0.481 e. The number of carbonyl (C=O) groups is 1. The molecule has 0 radical (unpaired) electrons. The maximum absolute atomic E-state index is 12.7. The zero-order valence-electron chi connectivity index (χ0n) is 10.7. The number of hydrogen-bond acceptors (Lipinski definition) is 3. The molecule has 2 rings (SSSR count). The third-order valence-corrected chi connectivity index (χ3v) is 3.62. The molecule has 0 amide bonds. The summed E-state index contributed by atoms with van der Waals surface area (Å²) in [5, 5.41) is 9.22. The second-order valence-electron chi connectivity index (χ2n) is 5.21. The summed E-state index contributed by atoms with van der Waals surface area (Å²) in [5.74, 6) is -0.570. The van der Waals surface area contributed by atoms with E-state index in [1.54, 1.807) is 6.92 Å². The van der Waals surface area contributed by atoms with Crippen LogP contribution in [-0.2, 0) is 11.3 Å². The van der Waals surface area contributed by atoms with Gasteiger partial charge in [0.15, 0.2) is 0 Å². The summed E-state index contributed by atoms with van der Waals surface area (Å²) in [6.45, 7) is 0.395. The Morgan fingerprint density at radius 2 is 2.37 bits per heavy atom. The predicted molar refractivity (Wildman–Crippen MR) is 63.7 cm³/mol. The van der Waals surface area contributed by atoms with Gasteiger partial charge in [-0.3, -0.25) is 14.3 Å². The van der Waals surface area contributed by atoms with Gasteiger partial charge in [0.25, 0.3) is 0 Å². The molecule has 1 aliphatic heterocycles. The molecule has 0 spiro atoms. The number of alkyl halides is 2. The number of carboxylic acids is 1. The highest BCUT2D eigenvalue weighted by molar-refractivity contribution is 5.74. The highest BCUT2D eigenvalue weighted by Gasteiger charge is 2.38. The van der Waals surface area contributed by atoms with Crippen LogP contribution in [0.1, 0.15) is 32.1 Å². The van der Waals surface area contributed by atoms with Gasteiger partial charge in [-0.05, 0) is 26.3 Å². The number of aliphatic carboxylic acids is 1. The van der Waals surface area contributed by atoms with Gasteiger partial charge in [-0.15, -0.1) is 0 Å². The Labute approximate surface area is 109 Å². The van der Waals surface area contributed by atoms with Gasteiger partial charge < -0.3 is 5.11 Å². The lowest BCUT2D eigenvalue weighted by atomic mass is 9.82. The summed E-state index contributed by atoms with van der Waals surface area (Å²) in [7, 11) is 0. The topological polar surface area (TPSA) is 58.4 Å². The Balaban J connectivity index is 2.07. The first-order valence-corrected chi connectivity index (χ1v) is 6.18. The Bertz CT molecular complexity index is 464. The van der Waals surface area contributed by atoms with Gasteiger partial charge >= 0.3 is 12.5 Å². The van der Waals surface area contributed by atoms with Crippen LogP contribution in [0.3, 0.4) is 0 Å². The summed E-state index contributed by atoms with van der Waals surface area (Å²) < 4.78 is 26.2. The maximum Gasteiger partial charge on any atom is 0.319 e. The number of rotatable bonds is 4. The van der Waals surface area contributed by atoms with Crippen LogP contribution < -0.4 is 0 Å². The molecule has 1 N–H and O–H groups in total. The van der Waals surface area contributed by atoms with E-state index in [1.165, 1.54) is 12.4 Å². The molecule has 0 aromatic carbocycles. The molecule has 7 heteroatoms. The summed E-state index contributed by atoms with van der Waals surface area (Å²) >= 11 is 0. The van der Waals surface area contributed by atoms with Crippen molar-refractivity contribution < 1.29 is 18.7 Å². The van der Waals surface area contributed by atoms with Gasteiger partial charge in [-0.2, -0.15) is 8.78 Å². The van der Waals surface area contributed by atoms with Gasteiger partial charge in [0, 0.05) is 18.9 Å². The zero-order chi connectivity index (χ0) is 14.0. The number of carboxylic acid groups (broad SMARTS) is 1. The van der Waals surface area contributed by atoms with Crippen molar-refractivity contribution in [3.63, 3.8) is 0 Å². The second-order valence-corrected chi connectivity index (χ2v) is 5.21. The van der Waals surface area contributed by atoms with Gasteiger partial charge in [-0.1, -0.05) is 0 Å². The lowest BCUT2D eigenvalue weighted by Gasteiger charge is -2.37. The minimum absolute atomic E-state index is 0.250. The van der Waals surface area contributed by atoms with E-state index < -0.39 is 17.9 Å². The molecule has 1 aromatic heterocycles. The molecule has 0 aliphatic carbocycles. The third-order valence-electron chi connectivity index (χ3n) is 3.62. The van der Waals surface area contributed by atoms with E-state index in [4.69, 9.17) is 0 Å². The molecule has 2 heterocycles. The highest BCUT2D eigenvalue weighted by Crippen LogP contribution is 2.30. The smallest absolute Gasteiger partial charge is 0.319 e. The Morgan fingerprint density at radius 3 is 3.00 bits per heavy atom. The molecular weight excluding hydrogens is 256 g/mol. The lowest BCUT2D eigenvalue weighted by Crippen LogP contribution is -2.45. The van der Waals surface area contributed by atoms with E-state index in [-0.39, 0.29) is 12.4 Å². The highest BCUT2D eigenvalue weighted by atomic mass is 19.3. The lowest BCUT2D eigenvalue weighted by molar-refractivity contribution is -0.151. The Hall–Kier alpha value is -1.50. The number of nitrogens with zero attached hydrogens (tertiary/aromatic N) is 3. The molecule has 5 nitrogen and oxygen atoms in total. The van der Waals surface area contributed by atoms with E-state index in [0.29, 0.717) is 19.5 Å². The molecule has 1 saturated heterocycles. The van der Waals surface area contributed by atoms with Crippen molar-refractivity contribution in [3.05, 3.63) is 18.2 Å². The van der Waals surface area contributed by atoms with Crippen LogP contribution in [0, 0.1) is 5.41 Å². The first-order valence-electron chi connectivity index (χ1n) is 6.18. The number of aromatic nitrogens is 2. The van der Waals surface area contributed by atoms with Crippen molar-refractivity contribution in [2.45, 2.75) is 32.9 Å². The molecular formula is C12H17F2N3O2. The van der Waals surface area contributed by atoms with E-state index >= 15 is 0 Å². The standard InChI is InChI=1S/C12H17F2N3O2/c1-12(10(18)19)3-2-5-16(8-12)7-9-15-4-6-17(9)11(13)14/h4,6,11H,2-3,5,7-8H2,1H3,(H,18,19). The molecule has 1 fully saturated rings. The molecule has 19 heavy (non-hydrogen) atoms. The largest absolute Gasteiger partial charge is 0.481 e.